The summed E-state index contributed by atoms with van der Waals surface area (Å²) in [6.07, 6.45) is 1.24. The van der Waals surface area contributed by atoms with Crippen LogP contribution in [0.3, 0.4) is 0 Å². The monoisotopic (exact) mass is 462 g/mol. The number of benzene rings is 2. The fourth-order valence-electron chi connectivity index (χ4n) is 4.29. The van der Waals surface area contributed by atoms with E-state index in [9.17, 15) is 4.79 Å². The molecule has 2 N–H and O–H groups in total. The van der Waals surface area contributed by atoms with Crippen LogP contribution in [0, 0.1) is 18.3 Å². The molecule has 2 atom stereocenters. The van der Waals surface area contributed by atoms with Crippen molar-refractivity contribution in [1.29, 1.82) is 0 Å². The first-order chi connectivity index (χ1) is 15.6. The number of nitrogens with zero attached hydrogens (tertiary/aromatic N) is 1. The lowest BCUT2D eigenvalue weighted by Crippen LogP contribution is -2.32. The van der Waals surface area contributed by atoms with Gasteiger partial charge in [-0.15, -0.1) is 0 Å². The molecular weight excluding hydrogens is 432 g/mol. The molecule has 0 aliphatic heterocycles. The van der Waals surface area contributed by atoms with Crippen molar-refractivity contribution < 1.29 is 14.3 Å². The van der Waals surface area contributed by atoms with Crippen LogP contribution in [0.5, 0.6) is 5.75 Å². The third-order valence-electron chi connectivity index (χ3n) is 6.02. The van der Waals surface area contributed by atoms with E-state index < -0.39 is 11.0 Å². The molecule has 0 radical (unpaired) electrons. The van der Waals surface area contributed by atoms with Crippen molar-refractivity contribution in [3.05, 3.63) is 71.4 Å². The van der Waals surface area contributed by atoms with Gasteiger partial charge in [-0.05, 0) is 70.4 Å². The maximum atomic E-state index is 12.6. The number of para-hydroxylation sites is 1. The smallest absolute Gasteiger partial charge is 0.310 e. The average molecular weight is 463 g/mol. The number of aryl methyl sites for hydroxylation is 1. The van der Waals surface area contributed by atoms with Crippen molar-refractivity contribution in [2.45, 2.75) is 52.7 Å². The van der Waals surface area contributed by atoms with E-state index in [0.717, 1.165) is 33.5 Å². The average Bonchev–Trinajstić information content (AvgIpc) is 3.47. The van der Waals surface area contributed by atoms with Crippen LogP contribution in [-0.4, -0.2) is 21.5 Å². The summed E-state index contributed by atoms with van der Waals surface area (Å²) in [4.78, 5) is 17.5. The maximum Gasteiger partial charge on any atom is 0.310 e. The topological polar surface area (TPSA) is 74.4 Å². The summed E-state index contributed by atoms with van der Waals surface area (Å²) < 4.78 is 11.6. The Bertz CT molecular complexity index is 1200. The first-order valence-electron chi connectivity index (χ1n) is 11.2. The van der Waals surface area contributed by atoms with Crippen molar-refractivity contribution in [2.75, 3.05) is 0 Å². The normalized spacial score (nSPS) is 19.8. The molecule has 6 heteroatoms. The zero-order chi connectivity index (χ0) is 23.8. The number of hydrogen-bond donors (Lipinski definition) is 1. The van der Waals surface area contributed by atoms with E-state index >= 15 is 0 Å². The molecule has 1 aliphatic rings. The van der Waals surface area contributed by atoms with Gasteiger partial charge in [0.2, 0.25) is 0 Å². The Balaban J connectivity index is 1.43. The predicted octanol–water partition coefficient (Wildman–Crippen LogP) is 5.30. The highest BCUT2D eigenvalue weighted by Gasteiger charge is 2.61. The van der Waals surface area contributed by atoms with Crippen molar-refractivity contribution >= 4 is 34.1 Å². The van der Waals surface area contributed by atoms with Gasteiger partial charge in [0, 0.05) is 22.1 Å². The number of carbonyl (C=O) groups is 1. The summed E-state index contributed by atoms with van der Waals surface area (Å²) in [6.45, 7) is 8.05. The van der Waals surface area contributed by atoms with Crippen LogP contribution >= 0.6 is 12.2 Å². The van der Waals surface area contributed by atoms with Crippen molar-refractivity contribution in [2.24, 2.45) is 17.1 Å². The highest BCUT2D eigenvalue weighted by molar-refractivity contribution is 7.80. The fourth-order valence-corrected chi connectivity index (χ4v) is 4.58. The third-order valence-corrected chi connectivity index (χ3v) is 6.43. The number of pyridine rings is 1. The lowest BCUT2D eigenvalue weighted by atomic mass is 9.93. The van der Waals surface area contributed by atoms with Gasteiger partial charge in [-0.1, -0.05) is 42.5 Å². The predicted molar refractivity (Wildman–Crippen MR) is 134 cm³/mol. The number of nitrogens with two attached hydrogens (primary N) is 1. The Morgan fingerprint density at radius 2 is 1.88 bits per heavy atom. The molecule has 1 saturated carbocycles. The highest BCUT2D eigenvalue weighted by atomic mass is 32.1. The van der Waals surface area contributed by atoms with E-state index in [2.05, 4.69) is 17.1 Å². The van der Waals surface area contributed by atoms with Gasteiger partial charge < -0.3 is 15.2 Å². The zero-order valence-electron chi connectivity index (χ0n) is 19.6. The van der Waals surface area contributed by atoms with Crippen LogP contribution in [0.15, 0.2) is 54.6 Å². The second kappa shape index (κ2) is 8.75. The second-order valence-corrected chi connectivity index (χ2v) is 10.3. The molecule has 0 spiro atoms. The van der Waals surface area contributed by atoms with E-state index in [1.54, 1.807) is 0 Å². The van der Waals surface area contributed by atoms with E-state index in [-0.39, 0.29) is 11.9 Å². The largest absolute Gasteiger partial charge is 0.489 e. The zero-order valence-corrected chi connectivity index (χ0v) is 20.4. The number of rotatable bonds is 7. The molecule has 4 rings (SSSR count). The molecule has 0 amide bonds. The summed E-state index contributed by atoms with van der Waals surface area (Å²) in [5, 5.41) is 1.10. The number of thiocarbonyl (C=S) groups is 1. The molecule has 172 valence electrons. The van der Waals surface area contributed by atoms with Gasteiger partial charge in [0.1, 0.15) is 18.0 Å². The molecule has 1 aromatic heterocycles. The second-order valence-electron chi connectivity index (χ2n) is 9.86. The SMILES string of the molecule is Cc1cc(COc2ccc(C[C@]3(C(N)=S)C[C@@H]3C(=O)OC(C)(C)C)cc2)c2ccccc2n1. The summed E-state index contributed by atoms with van der Waals surface area (Å²) in [5.41, 5.74) is 9.14. The molecule has 3 aromatic rings. The van der Waals surface area contributed by atoms with Gasteiger partial charge in [-0.2, -0.15) is 0 Å². The number of esters is 1. The molecule has 0 bridgehead atoms. The summed E-state index contributed by atoms with van der Waals surface area (Å²) in [5.74, 6) is 0.268. The highest BCUT2D eigenvalue weighted by Crippen LogP contribution is 2.56. The van der Waals surface area contributed by atoms with E-state index in [4.69, 9.17) is 27.4 Å². The Hall–Kier alpha value is -2.99. The Morgan fingerprint density at radius 3 is 2.55 bits per heavy atom. The molecule has 0 unspecified atom stereocenters. The minimum atomic E-state index is -0.528. The van der Waals surface area contributed by atoms with Crippen LogP contribution < -0.4 is 10.5 Å². The number of aromatic nitrogens is 1. The van der Waals surface area contributed by atoms with E-state index in [1.165, 1.54) is 0 Å². The van der Waals surface area contributed by atoms with E-state index in [1.807, 2.05) is 70.2 Å². The van der Waals surface area contributed by atoms with Gasteiger partial charge >= 0.3 is 5.97 Å². The van der Waals surface area contributed by atoms with Gasteiger partial charge in [0.25, 0.3) is 0 Å². The quantitative estimate of drug-likeness (QED) is 0.379. The Kier molecular flexibility index (Phi) is 6.14. The third kappa shape index (κ3) is 5.17. The van der Waals surface area contributed by atoms with Gasteiger partial charge in [-0.3, -0.25) is 9.78 Å². The fraction of sp³-hybridized carbons (Fsp3) is 0.370. The molecule has 0 saturated heterocycles. The van der Waals surface area contributed by atoms with Crippen LogP contribution in [0.2, 0.25) is 0 Å². The number of carbonyl (C=O) groups excluding carboxylic acids is 1. The summed E-state index contributed by atoms with van der Waals surface area (Å²) >= 11 is 5.34. The lowest BCUT2D eigenvalue weighted by molar-refractivity contribution is -0.157. The number of fused-ring (bicyclic) bond motifs is 1. The van der Waals surface area contributed by atoms with Crippen LogP contribution in [-0.2, 0) is 22.6 Å². The van der Waals surface area contributed by atoms with Gasteiger partial charge in [0.15, 0.2) is 0 Å². The Morgan fingerprint density at radius 1 is 1.18 bits per heavy atom. The number of ether oxygens (including phenoxy) is 2. The molecule has 5 nitrogen and oxygen atoms in total. The maximum absolute atomic E-state index is 12.6. The van der Waals surface area contributed by atoms with E-state index in [0.29, 0.717) is 24.4 Å². The first-order valence-corrected chi connectivity index (χ1v) is 11.6. The van der Waals surface area contributed by atoms with Crippen LogP contribution in [0.4, 0.5) is 0 Å². The standard InChI is InChI=1S/C27H30N2O3S/c1-17-13-19(21-7-5-6-8-23(21)29-17)16-31-20-11-9-18(10-12-20)14-27(25(28)33)15-22(27)24(30)32-26(2,3)4/h5-13,22H,14-16H2,1-4H3,(H2,28,33)/t22-,27+/m1/s1. The van der Waals surface area contributed by atoms with Crippen LogP contribution in [0.1, 0.15) is 44.0 Å². The minimum Gasteiger partial charge on any atom is -0.489 e. The summed E-state index contributed by atoms with van der Waals surface area (Å²) in [6, 6.07) is 18.1. The van der Waals surface area contributed by atoms with Crippen LogP contribution in [0.25, 0.3) is 10.9 Å². The van der Waals surface area contributed by atoms with Gasteiger partial charge in [-0.25, -0.2) is 0 Å². The Labute approximate surface area is 200 Å². The van der Waals surface area contributed by atoms with Crippen molar-refractivity contribution in [3.63, 3.8) is 0 Å². The van der Waals surface area contributed by atoms with Crippen molar-refractivity contribution in [3.8, 4) is 5.75 Å². The molecule has 33 heavy (non-hydrogen) atoms. The molecule has 1 heterocycles. The van der Waals surface area contributed by atoms with Crippen molar-refractivity contribution in [1.82, 2.24) is 4.98 Å². The first kappa shape index (κ1) is 23.2. The molecule has 1 fully saturated rings. The summed E-state index contributed by atoms with van der Waals surface area (Å²) in [7, 11) is 0. The van der Waals surface area contributed by atoms with Gasteiger partial charge in [0.05, 0.1) is 16.4 Å². The minimum absolute atomic E-state index is 0.227. The lowest BCUT2D eigenvalue weighted by Gasteiger charge is -2.21. The number of hydrogen-bond acceptors (Lipinski definition) is 5. The molecule has 2 aromatic carbocycles. The molecule has 1 aliphatic carbocycles. The molecular formula is C27H30N2O3S.